The number of pyridine rings is 1. The molecule has 0 bridgehead atoms. The Morgan fingerprint density at radius 1 is 1.16 bits per heavy atom. The molecule has 3 unspecified atom stereocenters. The van der Waals surface area contributed by atoms with E-state index >= 15 is 0 Å². The molecule has 1 fully saturated rings. The molecule has 43 heavy (non-hydrogen) atoms. The van der Waals surface area contributed by atoms with E-state index in [4.69, 9.17) is 25.8 Å². The second kappa shape index (κ2) is 13.9. The number of ether oxygens (including phenoxy) is 3. The third kappa shape index (κ3) is 7.87. The van der Waals surface area contributed by atoms with Crippen LogP contribution < -0.4 is 21.6 Å². The highest BCUT2D eigenvalue weighted by atomic mass is 35.5. The number of rotatable bonds is 10. The number of fused-ring (bicyclic) bond motifs is 1. The number of nitrogens with one attached hydrogen (secondary N) is 3. The zero-order chi connectivity index (χ0) is 31.3. The van der Waals surface area contributed by atoms with Crippen LogP contribution in [-0.2, 0) is 14.2 Å². The molecule has 1 saturated heterocycles. The molecule has 1 aromatic carbocycles. The van der Waals surface area contributed by atoms with E-state index in [1.165, 1.54) is 13.8 Å². The molecule has 0 spiro atoms. The first-order valence-electron chi connectivity index (χ1n) is 13.5. The van der Waals surface area contributed by atoms with Gasteiger partial charge in [-0.15, -0.1) is 0 Å². The lowest BCUT2D eigenvalue weighted by atomic mass is 10.1. The average Bonchev–Trinajstić information content (AvgIpc) is 3.19. The maximum absolute atomic E-state index is 14.5. The van der Waals surface area contributed by atoms with Crippen molar-refractivity contribution in [2.45, 2.75) is 70.5 Å². The predicted octanol–water partition coefficient (Wildman–Crippen LogP) is 3.12. The Labute approximate surface area is 250 Å². The Balaban J connectivity index is 1.22. The quantitative estimate of drug-likeness (QED) is 0.165. The molecule has 3 aromatic rings. The fourth-order valence-electron chi connectivity index (χ4n) is 4.52. The van der Waals surface area contributed by atoms with Crippen LogP contribution in [0.2, 0.25) is 5.02 Å². The number of hydrogen-bond donors (Lipinski definition) is 5. The third-order valence-corrected chi connectivity index (χ3v) is 6.88. The summed E-state index contributed by atoms with van der Waals surface area (Å²) >= 11 is 6.05. The summed E-state index contributed by atoms with van der Waals surface area (Å²) in [6, 6.07) is 7.42. The lowest BCUT2D eigenvalue weighted by Crippen LogP contribution is -2.38. The first-order chi connectivity index (χ1) is 20.4. The molecular weight excluding hydrogens is 591 g/mol. The minimum Gasteiger partial charge on any atom is -0.409 e. The maximum atomic E-state index is 14.5. The molecule has 2 amide bonds. The number of carbonyl (C=O) groups excluding carboxylic acids is 2. The van der Waals surface area contributed by atoms with Crippen molar-refractivity contribution in [3.8, 4) is 0 Å². The highest BCUT2D eigenvalue weighted by molar-refractivity contribution is 6.31. The predicted molar refractivity (Wildman–Crippen MR) is 153 cm³/mol. The molecule has 2 aromatic heterocycles. The van der Waals surface area contributed by atoms with Gasteiger partial charge in [-0.05, 0) is 51.0 Å². The summed E-state index contributed by atoms with van der Waals surface area (Å²) in [6.07, 6.45) is -5.33. The van der Waals surface area contributed by atoms with Gasteiger partial charge in [0.2, 0.25) is 6.29 Å². The van der Waals surface area contributed by atoms with Crippen molar-refractivity contribution in [2.24, 2.45) is 0 Å². The van der Waals surface area contributed by atoms with Gasteiger partial charge in [-0.25, -0.2) is 23.3 Å². The fraction of sp³-hybridized carbons (Fsp3) is 0.444. The number of benzene rings is 1. The number of halogens is 2. The molecule has 0 aliphatic carbocycles. The highest BCUT2D eigenvalue weighted by Gasteiger charge is 2.43. The van der Waals surface area contributed by atoms with Gasteiger partial charge >= 0.3 is 17.9 Å². The molecule has 16 heteroatoms. The molecule has 4 rings (SSSR count). The van der Waals surface area contributed by atoms with E-state index in [1.54, 1.807) is 18.3 Å². The molecule has 1 aliphatic rings. The second-order valence-corrected chi connectivity index (χ2v) is 10.4. The Morgan fingerprint density at radius 3 is 2.63 bits per heavy atom. The first-order valence-corrected chi connectivity index (χ1v) is 13.8. The van der Waals surface area contributed by atoms with Gasteiger partial charge < -0.3 is 35.1 Å². The largest absolute Gasteiger partial charge is 0.415 e. The number of aliphatic hydroxyl groups excluding tert-OH is 2. The standard InChI is InChI=1S/C27H32ClFN6O8/c1-13(33-19-8-10-30-20-11-16(28)6-7-17(19)20)5-4-9-31-26(39)42-15(3)43-27(40)34-23-18(29)12-32-25(38)35(23)24-22(37)21(36)14(2)41-24/h6-8,10-15,21-22,24,36-37H,4-5,9H2,1-3H3,(H,30,33)(H,31,39)(H,34,40)/t13?,14-,15?,21-,22-,24?/m1/s1. The fourth-order valence-corrected chi connectivity index (χ4v) is 4.69. The van der Waals surface area contributed by atoms with Crippen LogP contribution in [-0.4, -0.2) is 74.1 Å². The second-order valence-electron chi connectivity index (χ2n) is 9.96. The molecule has 5 N–H and O–H groups in total. The zero-order valence-electron chi connectivity index (χ0n) is 23.5. The Morgan fingerprint density at radius 2 is 1.91 bits per heavy atom. The van der Waals surface area contributed by atoms with Crippen molar-refractivity contribution in [1.29, 1.82) is 0 Å². The molecule has 0 radical (unpaired) electrons. The van der Waals surface area contributed by atoms with E-state index < -0.39 is 60.3 Å². The molecule has 6 atom stereocenters. The van der Waals surface area contributed by atoms with E-state index in [0.717, 1.165) is 16.6 Å². The number of aromatic nitrogens is 3. The zero-order valence-corrected chi connectivity index (χ0v) is 24.2. The molecule has 3 heterocycles. The third-order valence-electron chi connectivity index (χ3n) is 6.65. The lowest BCUT2D eigenvalue weighted by Gasteiger charge is -2.22. The van der Waals surface area contributed by atoms with E-state index in [0.29, 0.717) is 28.6 Å². The van der Waals surface area contributed by atoms with Gasteiger partial charge in [-0.2, -0.15) is 4.98 Å². The van der Waals surface area contributed by atoms with Gasteiger partial charge in [0.15, 0.2) is 17.9 Å². The number of alkyl carbamates (subject to hydrolysis) is 1. The Kier molecular flexibility index (Phi) is 10.3. The summed E-state index contributed by atoms with van der Waals surface area (Å²) in [4.78, 5) is 44.6. The summed E-state index contributed by atoms with van der Waals surface area (Å²) in [5.74, 6) is -1.86. The van der Waals surface area contributed by atoms with Gasteiger partial charge in [0.05, 0.1) is 17.8 Å². The smallest absolute Gasteiger partial charge is 0.409 e. The van der Waals surface area contributed by atoms with Crippen molar-refractivity contribution in [3.63, 3.8) is 0 Å². The van der Waals surface area contributed by atoms with Gasteiger partial charge in [-0.3, -0.25) is 10.3 Å². The molecular formula is C27H32ClFN6O8. The minimum absolute atomic E-state index is 0.0678. The van der Waals surface area contributed by atoms with Crippen LogP contribution in [0.1, 0.15) is 39.8 Å². The molecule has 232 valence electrons. The molecule has 0 saturated carbocycles. The summed E-state index contributed by atoms with van der Waals surface area (Å²) in [5, 5.41) is 29.7. The van der Waals surface area contributed by atoms with Gasteiger partial charge in [-0.1, -0.05) is 11.6 Å². The maximum Gasteiger partial charge on any atom is 0.415 e. The highest BCUT2D eigenvalue weighted by Crippen LogP contribution is 2.31. The number of aliphatic hydroxyl groups is 2. The molecule has 14 nitrogen and oxygen atoms in total. The lowest BCUT2D eigenvalue weighted by molar-refractivity contribution is -0.0441. The Bertz CT molecular complexity index is 1530. The van der Waals surface area contributed by atoms with Crippen LogP contribution in [0.15, 0.2) is 41.5 Å². The van der Waals surface area contributed by atoms with Crippen LogP contribution in [0.5, 0.6) is 0 Å². The summed E-state index contributed by atoms with van der Waals surface area (Å²) in [7, 11) is 0. The number of anilines is 2. The van der Waals surface area contributed by atoms with E-state index in [2.05, 4.69) is 20.6 Å². The normalized spacial score (nSPS) is 21.2. The van der Waals surface area contributed by atoms with Gasteiger partial charge in [0.25, 0.3) is 0 Å². The van der Waals surface area contributed by atoms with Crippen LogP contribution in [0, 0.1) is 5.82 Å². The average molecular weight is 623 g/mol. The number of hydrogen-bond acceptors (Lipinski definition) is 11. The van der Waals surface area contributed by atoms with Crippen molar-refractivity contribution in [1.82, 2.24) is 19.9 Å². The van der Waals surface area contributed by atoms with Crippen LogP contribution in [0.3, 0.4) is 0 Å². The monoisotopic (exact) mass is 622 g/mol. The van der Waals surface area contributed by atoms with Crippen molar-refractivity contribution < 1.29 is 38.4 Å². The van der Waals surface area contributed by atoms with Crippen LogP contribution in [0.25, 0.3) is 10.9 Å². The van der Waals surface area contributed by atoms with Gasteiger partial charge in [0.1, 0.15) is 12.2 Å². The van der Waals surface area contributed by atoms with Crippen molar-refractivity contribution in [2.75, 3.05) is 17.2 Å². The summed E-state index contributed by atoms with van der Waals surface area (Å²) in [6.45, 7) is 4.98. The first kappa shape index (κ1) is 31.9. The van der Waals surface area contributed by atoms with E-state index in [1.807, 2.05) is 24.4 Å². The van der Waals surface area contributed by atoms with Crippen molar-refractivity contribution >= 4 is 46.2 Å². The topological polar surface area (TPSA) is 186 Å². The van der Waals surface area contributed by atoms with Crippen molar-refractivity contribution in [3.05, 3.63) is 58.0 Å². The number of carbonyl (C=O) groups is 2. The van der Waals surface area contributed by atoms with E-state index in [9.17, 15) is 29.0 Å². The molecule has 1 aliphatic heterocycles. The number of nitrogens with zero attached hydrogens (tertiary/aromatic N) is 3. The summed E-state index contributed by atoms with van der Waals surface area (Å²) < 4.78 is 30.4. The van der Waals surface area contributed by atoms with E-state index in [-0.39, 0.29) is 12.6 Å². The Hall–Kier alpha value is -4.05. The number of amides is 2. The van der Waals surface area contributed by atoms with Crippen LogP contribution in [0.4, 0.5) is 25.5 Å². The van der Waals surface area contributed by atoms with Gasteiger partial charge in [0, 0.05) is 41.8 Å². The van der Waals surface area contributed by atoms with Crippen LogP contribution >= 0.6 is 11.6 Å². The summed E-state index contributed by atoms with van der Waals surface area (Å²) in [5.41, 5.74) is 0.623. The SMILES string of the molecule is CC(CCCNC(=O)OC(C)OC(=O)Nc1c(F)cnc(=O)n1C1O[C@H](C)[C@@H](O)[C@H]1O)Nc1ccnc2cc(Cl)ccc12. The minimum atomic E-state index is -1.60.